The van der Waals surface area contributed by atoms with Crippen LogP contribution in [0.2, 0.25) is 0 Å². The molecule has 0 radical (unpaired) electrons. The van der Waals surface area contributed by atoms with E-state index in [0.29, 0.717) is 12.6 Å². The summed E-state index contributed by atoms with van der Waals surface area (Å²) in [5.41, 5.74) is 0.918. The standard InChI is InChI=1S/C12H14FN3/c13-10-2-1-3-12(8-10)16-7-4-11(9-16)15-6-5-14/h1-3,8,11,15H,4,6-7,9H2. The lowest BCUT2D eigenvalue weighted by Crippen LogP contribution is -2.32. The second-order valence-corrected chi connectivity index (χ2v) is 3.95. The Morgan fingerprint density at radius 1 is 1.56 bits per heavy atom. The van der Waals surface area contributed by atoms with Gasteiger partial charge in [0.1, 0.15) is 5.82 Å². The van der Waals surface area contributed by atoms with Gasteiger partial charge in [0.15, 0.2) is 0 Å². The first-order chi connectivity index (χ1) is 7.79. The minimum Gasteiger partial charge on any atom is -0.370 e. The summed E-state index contributed by atoms with van der Waals surface area (Å²) in [5, 5.41) is 11.6. The van der Waals surface area contributed by atoms with Crippen LogP contribution in [-0.2, 0) is 0 Å². The smallest absolute Gasteiger partial charge is 0.125 e. The molecule has 84 valence electrons. The van der Waals surface area contributed by atoms with Crippen LogP contribution in [0.5, 0.6) is 0 Å². The number of nitrogens with zero attached hydrogens (tertiary/aromatic N) is 2. The van der Waals surface area contributed by atoms with Gasteiger partial charge in [0, 0.05) is 24.8 Å². The average Bonchev–Trinajstić information content (AvgIpc) is 2.75. The Hall–Kier alpha value is -1.60. The lowest BCUT2D eigenvalue weighted by Gasteiger charge is -2.18. The van der Waals surface area contributed by atoms with E-state index in [4.69, 9.17) is 5.26 Å². The molecule has 1 unspecified atom stereocenters. The van der Waals surface area contributed by atoms with Crippen molar-refractivity contribution in [3.63, 3.8) is 0 Å². The molecule has 3 nitrogen and oxygen atoms in total. The third kappa shape index (κ3) is 2.50. The van der Waals surface area contributed by atoms with Gasteiger partial charge in [0.2, 0.25) is 0 Å². The topological polar surface area (TPSA) is 39.1 Å². The molecular formula is C12H14FN3. The van der Waals surface area contributed by atoms with Crippen molar-refractivity contribution in [1.29, 1.82) is 5.26 Å². The maximum absolute atomic E-state index is 13.0. The summed E-state index contributed by atoms with van der Waals surface area (Å²) in [4.78, 5) is 2.14. The fourth-order valence-corrected chi connectivity index (χ4v) is 2.02. The summed E-state index contributed by atoms with van der Waals surface area (Å²) in [6.45, 7) is 2.12. The summed E-state index contributed by atoms with van der Waals surface area (Å²) in [5.74, 6) is -0.203. The first kappa shape index (κ1) is 10.9. The van der Waals surface area contributed by atoms with Crippen molar-refractivity contribution in [3.8, 4) is 6.07 Å². The number of nitrogens with one attached hydrogen (secondary N) is 1. The molecule has 16 heavy (non-hydrogen) atoms. The fraction of sp³-hybridized carbons (Fsp3) is 0.417. The van der Waals surface area contributed by atoms with E-state index < -0.39 is 0 Å². The number of nitriles is 1. The van der Waals surface area contributed by atoms with Crippen LogP contribution >= 0.6 is 0 Å². The van der Waals surface area contributed by atoms with Crippen molar-refractivity contribution >= 4 is 5.69 Å². The molecule has 1 saturated heterocycles. The molecule has 2 rings (SSSR count). The molecular weight excluding hydrogens is 205 g/mol. The van der Waals surface area contributed by atoms with Crippen LogP contribution in [0.25, 0.3) is 0 Å². The van der Waals surface area contributed by atoms with Gasteiger partial charge in [0.25, 0.3) is 0 Å². The van der Waals surface area contributed by atoms with Crippen molar-refractivity contribution in [1.82, 2.24) is 5.32 Å². The van der Waals surface area contributed by atoms with E-state index >= 15 is 0 Å². The Kier molecular flexibility index (Phi) is 3.37. The SMILES string of the molecule is N#CCNC1CCN(c2cccc(F)c2)C1. The highest BCUT2D eigenvalue weighted by atomic mass is 19.1. The number of anilines is 1. The molecule has 1 atom stereocenters. The number of halogens is 1. The predicted molar refractivity (Wildman–Crippen MR) is 60.6 cm³/mol. The van der Waals surface area contributed by atoms with Gasteiger partial charge in [-0.1, -0.05) is 6.07 Å². The van der Waals surface area contributed by atoms with Gasteiger partial charge in [-0.05, 0) is 24.6 Å². The van der Waals surface area contributed by atoms with Crippen molar-refractivity contribution in [3.05, 3.63) is 30.1 Å². The third-order valence-electron chi connectivity index (χ3n) is 2.83. The maximum atomic E-state index is 13.0. The zero-order valence-corrected chi connectivity index (χ0v) is 8.99. The van der Waals surface area contributed by atoms with Gasteiger partial charge in [0.05, 0.1) is 12.6 Å². The van der Waals surface area contributed by atoms with E-state index in [1.807, 2.05) is 6.07 Å². The highest BCUT2D eigenvalue weighted by molar-refractivity contribution is 5.47. The van der Waals surface area contributed by atoms with Gasteiger partial charge in [-0.3, -0.25) is 5.32 Å². The van der Waals surface area contributed by atoms with E-state index in [-0.39, 0.29) is 5.82 Å². The van der Waals surface area contributed by atoms with Crippen LogP contribution in [0.15, 0.2) is 24.3 Å². The van der Waals surface area contributed by atoms with E-state index in [2.05, 4.69) is 16.3 Å². The van der Waals surface area contributed by atoms with Crippen LogP contribution in [-0.4, -0.2) is 25.7 Å². The summed E-state index contributed by atoms with van der Waals surface area (Å²) in [6, 6.07) is 9.04. The molecule has 1 aliphatic heterocycles. The normalized spacial score (nSPS) is 19.8. The zero-order valence-electron chi connectivity index (χ0n) is 8.99. The molecule has 1 aromatic rings. The predicted octanol–water partition coefficient (Wildman–Crippen LogP) is 1.52. The molecule has 0 amide bonds. The number of rotatable bonds is 3. The Balaban J connectivity index is 1.96. The summed E-state index contributed by atoms with van der Waals surface area (Å²) < 4.78 is 13.0. The van der Waals surface area contributed by atoms with E-state index in [1.165, 1.54) is 6.07 Å². The second-order valence-electron chi connectivity index (χ2n) is 3.95. The summed E-state index contributed by atoms with van der Waals surface area (Å²) in [6.07, 6.45) is 0.998. The molecule has 1 fully saturated rings. The molecule has 0 bridgehead atoms. The number of benzene rings is 1. The van der Waals surface area contributed by atoms with Crippen molar-refractivity contribution in [2.75, 3.05) is 24.5 Å². The van der Waals surface area contributed by atoms with Crippen LogP contribution < -0.4 is 10.2 Å². The minimum atomic E-state index is -0.203. The van der Waals surface area contributed by atoms with E-state index in [0.717, 1.165) is 25.2 Å². The lowest BCUT2D eigenvalue weighted by molar-refractivity contribution is 0.590. The Bertz CT molecular complexity index is 399. The zero-order chi connectivity index (χ0) is 11.4. The molecule has 1 aliphatic rings. The average molecular weight is 219 g/mol. The minimum absolute atomic E-state index is 0.203. The quantitative estimate of drug-likeness (QED) is 0.783. The molecule has 0 spiro atoms. The molecule has 1 N–H and O–H groups in total. The molecule has 0 saturated carbocycles. The third-order valence-corrected chi connectivity index (χ3v) is 2.83. The van der Waals surface area contributed by atoms with Gasteiger partial charge >= 0.3 is 0 Å². The maximum Gasteiger partial charge on any atom is 0.125 e. The highest BCUT2D eigenvalue weighted by Gasteiger charge is 2.21. The molecule has 0 aliphatic carbocycles. The summed E-state index contributed by atoms with van der Waals surface area (Å²) >= 11 is 0. The number of hydrogen-bond acceptors (Lipinski definition) is 3. The first-order valence-corrected chi connectivity index (χ1v) is 5.40. The van der Waals surface area contributed by atoms with Crippen molar-refractivity contribution < 1.29 is 4.39 Å². The fourth-order valence-electron chi connectivity index (χ4n) is 2.02. The van der Waals surface area contributed by atoms with Crippen LogP contribution in [0.4, 0.5) is 10.1 Å². The van der Waals surface area contributed by atoms with Gasteiger partial charge in [-0.2, -0.15) is 5.26 Å². The van der Waals surface area contributed by atoms with Crippen molar-refractivity contribution in [2.45, 2.75) is 12.5 Å². The van der Waals surface area contributed by atoms with Crippen molar-refractivity contribution in [2.24, 2.45) is 0 Å². The largest absolute Gasteiger partial charge is 0.370 e. The monoisotopic (exact) mass is 219 g/mol. The number of hydrogen-bond donors (Lipinski definition) is 1. The van der Waals surface area contributed by atoms with Gasteiger partial charge in [-0.15, -0.1) is 0 Å². The Morgan fingerprint density at radius 3 is 3.19 bits per heavy atom. The highest BCUT2D eigenvalue weighted by Crippen LogP contribution is 2.20. The molecule has 0 aromatic heterocycles. The molecule has 1 heterocycles. The summed E-state index contributed by atoms with van der Waals surface area (Å²) in [7, 11) is 0. The molecule has 1 aromatic carbocycles. The van der Waals surface area contributed by atoms with Crippen LogP contribution in [0.3, 0.4) is 0 Å². The first-order valence-electron chi connectivity index (χ1n) is 5.40. The Morgan fingerprint density at radius 2 is 2.44 bits per heavy atom. The Labute approximate surface area is 94.5 Å². The van der Waals surface area contributed by atoms with Gasteiger partial charge in [-0.25, -0.2) is 4.39 Å². The van der Waals surface area contributed by atoms with Crippen LogP contribution in [0.1, 0.15) is 6.42 Å². The second kappa shape index (κ2) is 4.95. The van der Waals surface area contributed by atoms with Gasteiger partial charge < -0.3 is 4.90 Å². The lowest BCUT2D eigenvalue weighted by atomic mass is 10.2. The van der Waals surface area contributed by atoms with E-state index in [1.54, 1.807) is 12.1 Å². The van der Waals surface area contributed by atoms with Crippen LogP contribution in [0, 0.1) is 17.1 Å². The van der Waals surface area contributed by atoms with E-state index in [9.17, 15) is 4.39 Å². The molecule has 4 heteroatoms.